The molecule has 0 spiro atoms. The molecule has 8 nitrogen and oxygen atoms in total. The van der Waals surface area contributed by atoms with Crippen molar-refractivity contribution in [2.75, 3.05) is 32.1 Å². The molecule has 1 heterocycles. The molecular weight excluding hydrogens is 396 g/mol. The van der Waals surface area contributed by atoms with E-state index >= 15 is 0 Å². The van der Waals surface area contributed by atoms with Crippen molar-refractivity contribution in [3.63, 3.8) is 0 Å². The number of carbonyl (C=O) groups is 2. The monoisotopic (exact) mass is 422 g/mol. The second kappa shape index (κ2) is 10.8. The number of rotatable bonds is 10. The molecule has 162 valence electrons. The summed E-state index contributed by atoms with van der Waals surface area (Å²) in [6, 6.07) is 16.9. The van der Waals surface area contributed by atoms with Crippen molar-refractivity contribution >= 4 is 17.5 Å². The van der Waals surface area contributed by atoms with Crippen LogP contribution in [0.25, 0.3) is 0 Å². The molecule has 0 fully saturated rings. The Morgan fingerprint density at radius 2 is 1.74 bits per heavy atom. The topological polar surface area (TPSA) is 85.7 Å². The van der Waals surface area contributed by atoms with Crippen LogP contribution in [0.2, 0.25) is 0 Å². The number of nitrogens with zero attached hydrogens (tertiary/aromatic N) is 3. The molecule has 1 aromatic heterocycles. The predicted octanol–water partition coefficient (Wildman–Crippen LogP) is 2.75. The third-order valence-corrected chi connectivity index (χ3v) is 4.47. The van der Waals surface area contributed by atoms with Crippen molar-refractivity contribution in [1.82, 2.24) is 14.7 Å². The standard InChI is InChI=1S/C23H26N4O4/c1-18-8-10-21(11-9-18)30-13-12-26(2)23(29)16-27-15-19(14-24-27)25-22(28)17-31-20-6-4-3-5-7-20/h3-11,14-15H,12-13,16-17H2,1-2H3,(H,25,28). The maximum atomic E-state index is 12.4. The summed E-state index contributed by atoms with van der Waals surface area (Å²) in [6.07, 6.45) is 3.10. The predicted molar refractivity (Wildman–Crippen MR) is 117 cm³/mol. The summed E-state index contributed by atoms with van der Waals surface area (Å²) in [4.78, 5) is 26.0. The smallest absolute Gasteiger partial charge is 0.262 e. The molecule has 0 aliphatic rings. The summed E-state index contributed by atoms with van der Waals surface area (Å²) < 4.78 is 12.5. The van der Waals surface area contributed by atoms with Crippen molar-refractivity contribution in [3.8, 4) is 11.5 Å². The Bertz CT molecular complexity index is 986. The minimum atomic E-state index is -0.305. The highest BCUT2D eigenvalue weighted by molar-refractivity contribution is 5.91. The molecular formula is C23H26N4O4. The number of aromatic nitrogens is 2. The number of anilines is 1. The van der Waals surface area contributed by atoms with E-state index in [-0.39, 0.29) is 25.0 Å². The first kappa shape index (κ1) is 21.9. The highest BCUT2D eigenvalue weighted by Crippen LogP contribution is 2.11. The highest BCUT2D eigenvalue weighted by atomic mass is 16.5. The molecule has 0 radical (unpaired) electrons. The van der Waals surface area contributed by atoms with Crippen LogP contribution in [-0.2, 0) is 16.1 Å². The number of benzene rings is 2. The van der Waals surface area contributed by atoms with Crippen LogP contribution >= 0.6 is 0 Å². The van der Waals surface area contributed by atoms with E-state index in [1.54, 1.807) is 30.3 Å². The summed E-state index contributed by atoms with van der Waals surface area (Å²) in [5, 5.41) is 6.83. The molecule has 0 atom stereocenters. The summed E-state index contributed by atoms with van der Waals surface area (Å²) in [5.74, 6) is 0.976. The maximum absolute atomic E-state index is 12.4. The highest BCUT2D eigenvalue weighted by Gasteiger charge is 2.12. The molecule has 2 aromatic carbocycles. The fourth-order valence-electron chi connectivity index (χ4n) is 2.70. The lowest BCUT2D eigenvalue weighted by Crippen LogP contribution is -2.33. The Hall–Kier alpha value is -3.81. The molecule has 0 unspecified atom stereocenters. The van der Waals surface area contributed by atoms with Gasteiger partial charge in [0.2, 0.25) is 5.91 Å². The zero-order valence-corrected chi connectivity index (χ0v) is 17.7. The number of likely N-dealkylation sites (N-methyl/N-ethyl adjacent to an activating group) is 1. The van der Waals surface area contributed by atoms with Gasteiger partial charge in [0.15, 0.2) is 6.61 Å². The third-order valence-electron chi connectivity index (χ3n) is 4.47. The first-order chi connectivity index (χ1) is 15.0. The molecule has 1 N–H and O–H groups in total. The van der Waals surface area contributed by atoms with Gasteiger partial charge in [-0.2, -0.15) is 5.10 Å². The van der Waals surface area contributed by atoms with Crippen molar-refractivity contribution in [2.24, 2.45) is 0 Å². The quantitative estimate of drug-likeness (QED) is 0.543. The average molecular weight is 422 g/mol. The van der Waals surface area contributed by atoms with Crippen molar-refractivity contribution in [1.29, 1.82) is 0 Å². The van der Waals surface area contributed by atoms with Gasteiger partial charge in [0, 0.05) is 13.2 Å². The second-order valence-electron chi connectivity index (χ2n) is 7.05. The van der Waals surface area contributed by atoms with Gasteiger partial charge in [-0.15, -0.1) is 0 Å². The molecule has 2 amide bonds. The van der Waals surface area contributed by atoms with Crippen molar-refractivity contribution < 1.29 is 19.1 Å². The van der Waals surface area contributed by atoms with E-state index in [0.29, 0.717) is 24.6 Å². The van der Waals surface area contributed by atoms with E-state index in [1.165, 1.54) is 10.9 Å². The van der Waals surface area contributed by atoms with E-state index < -0.39 is 0 Å². The normalized spacial score (nSPS) is 10.4. The van der Waals surface area contributed by atoms with Crippen LogP contribution in [0.3, 0.4) is 0 Å². The number of aryl methyl sites for hydroxylation is 1. The minimum Gasteiger partial charge on any atom is -0.492 e. The van der Waals surface area contributed by atoms with Crippen LogP contribution in [0.1, 0.15) is 5.56 Å². The number of hydrogen-bond acceptors (Lipinski definition) is 5. The average Bonchev–Trinajstić information content (AvgIpc) is 3.20. The molecule has 31 heavy (non-hydrogen) atoms. The molecule has 0 aliphatic heterocycles. The van der Waals surface area contributed by atoms with Crippen molar-refractivity contribution in [3.05, 3.63) is 72.6 Å². The fraction of sp³-hybridized carbons (Fsp3) is 0.261. The van der Waals surface area contributed by atoms with Crippen LogP contribution in [0.4, 0.5) is 5.69 Å². The van der Waals surface area contributed by atoms with E-state index in [1.807, 2.05) is 49.4 Å². The van der Waals surface area contributed by atoms with Crippen LogP contribution in [0.5, 0.6) is 11.5 Å². The van der Waals surface area contributed by atoms with Gasteiger partial charge in [-0.1, -0.05) is 35.9 Å². The number of amides is 2. The zero-order valence-electron chi connectivity index (χ0n) is 17.7. The van der Waals surface area contributed by atoms with Crippen molar-refractivity contribution in [2.45, 2.75) is 13.5 Å². The van der Waals surface area contributed by atoms with Crippen LogP contribution in [-0.4, -0.2) is 53.3 Å². The van der Waals surface area contributed by atoms with Gasteiger partial charge in [0.25, 0.3) is 5.91 Å². The lowest BCUT2D eigenvalue weighted by Gasteiger charge is -2.17. The number of hydrogen-bond donors (Lipinski definition) is 1. The van der Waals surface area contributed by atoms with Gasteiger partial charge in [-0.3, -0.25) is 14.3 Å². The molecule has 0 saturated carbocycles. The summed E-state index contributed by atoms with van der Waals surface area (Å²) in [7, 11) is 1.72. The molecule has 3 aromatic rings. The number of nitrogens with one attached hydrogen (secondary N) is 1. The second-order valence-corrected chi connectivity index (χ2v) is 7.05. The first-order valence-corrected chi connectivity index (χ1v) is 9.93. The van der Waals surface area contributed by atoms with E-state index in [9.17, 15) is 9.59 Å². The van der Waals surface area contributed by atoms with E-state index in [4.69, 9.17) is 9.47 Å². The Kier molecular flexibility index (Phi) is 7.64. The Labute approximate surface area is 181 Å². The molecule has 8 heteroatoms. The largest absolute Gasteiger partial charge is 0.492 e. The molecule has 3 rings (SSSR count). The lowest BCUT2D eigenvalue weighted by molar-refractivity contribution is -0.131. The van der Waals surface area contributed by atoms with Gasteiger partial charge in [0.05, 0.1) is 18.4 Å². The van der Waals surface area contributed by atoms with Gasteiger partial charge >= 0.3 is 0 Å². The molecule has 0 bridgehead atoms. The number of carbonyl (C=O) groups excluding carboxylic acids is 2. The minimum absolute atomic E-state index is 0.0669. The van der Waals surface area contributed by atoms with Crippen LogP contribution < -0.4 is 14.8 Å². The number of para-hydroxylation sites is 1. The Balaban J connectivity index is 1.39. The SMILES string of the molecule is Cc1ccc(OCCN(C)C(=O)Cn2cc(NC(=O)COc3ccccc3)cn2)cc1. The van der Waals surface area contributed by atoms with Gasteiger partial charge in [0.1, 0.15) is 24.7 Å². The van der Waals surface area contributed by atoms with E-state index in [2.05, 4.69) is 10.4 Å². The van der Waals surface area contributed by atoms with Crippen LogP contribution in [0.15, 0.2) is 67.0 Å². The Morgan fingerprint density at radius 3 is 2.48 bits per heavy atom. The maximum Gasteiger partial charge on any atom is 0.262 e. The van der Waals surface area contributed by atoms with Gasteiger partial charge in [-0.05, 0) is 31.2 Å². The molecule has 0 saturated heterocycles. The zero-order chi connectivity index (χ0) is 22.1. The third kappa shape index (κ3) is 7.18. The fourth-order valence-corrected chi connectivity index (χ4v) is 2.70. The molecule has 0 aliphatic carbocycles. The first-order valence-electron chi connectivity index (χ1n) is 9.93. The van der Waals surface area contributed by atoms with Crippen LogP contribution in [0, 0.1) is 6.92 Å². The Morgan fingerprint density at radius 1 is 1.03 bits per heavy atom. The number of ether oxygens (including phenoxy) is 2. The summed E-state index contributed by atoms with van der Waals surface area (Å²) in [6.45, 7) is 2.82. The summed E-state index contributed by atoms with van der Waals surface area (Å²) in [5.41, 5.74) is 1.66. The van der Waals surface area contributed by atoms with Gasteiger partial charge < -0.3 is 19.7 Å². The van der Waals surface area contributed by atoms with E-state index in [0.717, 1.165) is 11.3 Å². The lowest BCUT2D eigenvalue weighted by atomic mass is 10.2. The van der Waals surface area contributed by atoms with Gasteiger partial charge in [-0.25, -0.2) is 0 Å². The summed E-state index contributed by atoms with van der Waals surface area (Å²) >= 11 is 0.